The third-order valence-electron chi connectivity index (χ3n) is 2.89. The van der Waals surface area contributed by atoms with Crippen LogP contribution >= 0.6 is 11.3 Å². The summed E-state index contributed by atoms with van der Waals surface area (Å²) in [6.45, 7) is 0. The predicted octanol–water partition coefficient (Wildman–Crippen LogP) is 2.37. The smallest absolute Gasteiger partial charge is 0.173 e. The quantitative estimate of drug-likeness (QED) is 0.596. The van der Waals surface area contributed by atoms with Gasteiger partial charge in [0, 0.05) is 11.3 Å². The summed E-state index contributed by atoms with van der Waals surface area (Å²) in [5.41, 5.74) is 2.96. The molecule has 2 aliphatic carbocycles. The van der Waals surface area contributed by atoms with Crippen molar-refractivity contribution in [3.8, 4) is 0 Å². The van der Waals surface area contributed by atoms with Gasteiger partial charge in [0.25, 0.3) is 0 Å². The van der Waals surface area contributed by atoms with Crippen LogP contribution < -0.4 is 0 Å². The number of rotatable bonds is 0. The summed E-state index contributed by atoms with van der Waals surface area (Å²) >= 11 is 1.77. The average Bonchev–Trinajstić information content (AvgIpc) is 2.63. The summed E-state index contributed by atoms with van der Waals surface area (Å²) in [6, 6.07) is 0. The Hall–Kier alpha value is -0.630. The molecule has 1 aromatic heterocycles. The lowest BCUT2D eigenvalue weighted by molar-refractivity contribution is 0.0998. The van der Waals surface area contributed by atoms with Gasteiger partial charge in [0.2, 0.25) is 0 Å². The summed E-state index contributed by atoms with van der Waals surface area (Å²) < 4.78 is 0. The van der Waals surface area contributed by atoms with Crippen LogP contribution in [0.4, 0.5) is 0 Å². The molecule has 0 bridgehead atoms. The fourth-order valence-corrected chi connectivity index (χ4v) is 3.72. The van der Waals surface area contributed by atoms with Gasteiger partial charge in [-0.05, 0) is 36.8 Å². The zero-order valence-corrected chi connectivity index (χ0v) is 7.67. The molecular formula is C10H10OS. The number of aryl methyl sites for hydroxylation is 1. The maximum atomic E-state index is 11.4. The van der Waals surface area contributed by atoms with Crippen LogP contribution in [0.25, 0.3) is 0 Å². The molecule has 2 aliphatic rings. The third-order valence-corrected chi connectivity index (χ3v) is 4.26. The van der Waals surface area contributed by atoms with Gasteiger partial charge in [0.15, 0.2) is 5.78 Å². The highest BCUT2D eigenvalue weighted by atomic mass is 32.1. The number of hydrogen-bond donors (Lipinski definition) is 0. The standard InChI is InChI=1S/C10H10OS/c11-8-5-4-7-6-2-1-3-9(6)12-10(7)8/h1-5H2. The third kappa shape index (κ3) is 0.712. The molecule has 3 rings (SSSR count). The van der Waals surface area contributed by atoms with Crippen molar-refractivity contribution in [3.63, 3.8) is 0 Å². The number of Topliss-reactive ketones (excluding diaryl/α,β-unsaturated/α-hetero) is 1. The van der Waals surface area contributed by atoms with Crippen molar-refractivity contribution < 1.29 is 4.79 Å². The van der Waals surface area contributed by atoms with Gasteiger partial charge in [0.05, 0.1) is 4.88 Å². The summed E-state index contributed by atoms with van der Waals surface area (Å²) in [5, 5.41) is 0. The molecule has 0 aromatic carbocycles. The Kier molecular flexibility index (Phi) is 1.25. The van der Waals surface area contributed by atoms with Gasteiger partial charge in [-0.1, -0.05) is 0 Å². The maximum absolute atomic E-state index is 11.4. The van der Waals surface area contributed by atoms with Crippen molar-refractivity contribution in [1.29, 1.82) is 0 Å². The Balaban J connectivity index is 2.24. The van der Waals surface area contributed by atoms with Crippen LogP contribution in [0.1, 0.15) is 38.5 Å². The summed E-state index contributed by atoms with van der Waals surface area (Å²) in [4.78, 5) is 14.0. The van der Waals surface area contributed by atoms with Gasteiger partial charge in [0.1, 0.15) is 0 Å². The second-order valence-corrected chi connectivity index (χ2v) is 4.69. The Bertz CT molecular complexity index is 362. The molecule has 0 saturated heterocycles. The molecule has 12 heavy (non-hydrogen) atoms. The van der Waals surface area contributed by atoms with Crippen LogP contribution in [-0.4, -0.2) is 5.78 Å². The van der Waals surface area contributed by atoms with Crippen LogP contribution in [0.5, 0.6) is 0 Å². The van der Waals surface area contributed by atoms with E-state index in [1.165, 1.54) is 29.7 Å². The second-order valence-electron chi connectivity index (χ2n) is 3.59. The second kappa shape index (κ2) is 2.19. The SMILES string of the molecule is O=C1CCc2c1sc1c2CCC1. The molecule has 0 fully saturated rings. The van der Waals surface area contributed by atoms with Crippen LogP contribution in [0, 0.1) is 0 Å². The molecule has 62 valence electrons. The fraction of sp³-hybridized carbons (Fsp3) is 0.500. The van der Waals surface area contributed by atoms with E-state index in [2.05, 4.69) is 0 Å². The zero-order chi connectivity index (χ0) is 8.13. The van der Waals surface area contributed by atoms with Gasteiger partial charge in [-0.2, -0.15) is 0 Å². The summed E-state index contributed by atoms with van der Waals surface area (Å²) in [5.74, 6) is 0.393. The molecule has 1 aromatic rings. The molecule has 1 nitrogen and oxygen atoms in total. The first-order valence-electron chi connectivity index (χ1n) is 4.53. The van der Waals surface area contributed by atoms with Gasteiger partial charge >= 0.3 is 0 Å². The number of ketones is 1. The number of hydrogen-bond acceptors (Lipinski definition) is 2. The van der Waals surface area contributed by atoms with E-state index in [1.54, 1.807) is 16.9 Å². The van der Waals surface area contributed by atoms with Crippen LogP contribution in [0.15, 0.2) is 0 Å². The van der Waals surface area contributed by atoms with Gasteiger partial charge in [-0.25, -0.2) is 0 Å². The first-order valence-corrected chi connectivity index (χ1v) is 5.34. The topological polar surface area (TPSA) is 17.1 Å². The minimum Gasteiger partial charge on any atom is -0.293 e. The Morgan fingerprint density at radius 1 is 1.00 bits per heavy atom. The first-order chi connectivity index (χ1) is 5.86. The average molecular weight is 178 g/mol. The van der Waals surface area contributed by atoms with E-state index in [1.807, 2.05) is 0 Å². The minimum absolute atomic E-state index is 0.393. The molecule has 0 unspecified atom stereocenters. The number of carbonyl (C=O) groups excluding carboxylic acids is 1. The molecule has 1 heterocycles. The van der Waals surface area contributed by atoms with E-state index in [-0.39, 0.29) is 0 Å². The molecule has 0 spiro atoms. The van der Waals surface area contributed by atoms with Crippen LogP contribution in [-0.2, 0) is 19.3 Å². The van der Waals surface area contributed by atoms with E-state index in [0.717, 1.165) is 17.7 Å². The van der Waals surface area contributed by atoms with E-state index in [9.17, 15) is 4.79 Å². The van der Waals surface area contributed by atoms with E-state index in [0.29, 0.717) is 5.78 Å². The largest absolute Gasteiger partial charge is 0.293 e. The molecule has 0 amide bonds. The van der Waals surface area contributed by atoms with Crippen LogP contribution in [0.2, 0.25) is 0 Å². The first kappa shape index (κ1) is 6.84. The lowest BCUT2D eigenvalue weighted by atomic mass is 10.1. The monoisotopic (exact) mass is 178 g/mol. The van der Waals surface area contributed by atoms with E-state index < -0.39 is 0 Å². The zero-order valence-electron chi connectivity index (χ0n) is 6.85. The molecule has 0 radical (unpaired) electrons. The van der Waals surface area contributed by atoms with E-state index in [4.69, 9.17) is 0 Å². The molecule has 0 N–H and O–H groups in total. The van der Waals surface area contributed by atoms with Crippen molar-refractivity contribution in [3.05, 3.63) is 20.9 Å². The fourth-order valence-electron chi connectivity index (χ4n) is 2.31. The van der Waals surface area contributed by atoms with Crippen molar-refractivity contribution in [2.45, 2.75) is 32.1 Å². The van der Waals surface area contributed by atoms with Gasteiger partial charge < -0.3 is 0 Å². The lowest BCUT2D eigenvalue weighted by Gasteiger charge is -1.92. The summed E-state index contributed by atoms with van der Waals surface area (Å²) in [6.07, 6.45) is 5.56. The van der Waals surface area contributed by atoms with Crippen molar-refractivity contribution in [1.82, 2.24) is 0 Å². The van der Waals surface area contributed by atoms with Crippen molar-refractivity contribution >= 4 is 17.1 Å². The predicted molar refractivity (Wildman–Crippen MR) is 49.0 cm³/mol. The summed E-state index contributed by atoms with van der Waals surface area (Å²) in [7, 11) is 0. The van der Waals surface area contributed by atoms with Crippen molar-refractivity contribution in [2.75, 3.05) is 0 Å². The van der Waals surface area contributed by atoms with Gasteiger partial charge in [-0.3, -0.25) is 4.79 Å². The number of carbonyl (C=O) groups is 1. The highest BCUT2D eigenvalue weighted by Crippen LogP contribution is 2.39. The number of fused-ring (bicyclic) bond motifs is 3. The number of thiophene rings is 1. The van der Waals surface area contributed by atoms with Crippen LogP contribution in [0.3, 0.4) is 0 Å². The van der Waals surface area contributed by atoms with E-state index >= 15 is 0 Å². The Morgan fingerprint density at radius 2 is 1.92 bits per heavy atom. The maximum Gasteiger partial charge on any atom is 0.173 e. The molecule has 0 atom stereocenters. The Morgan fingerprint density at radius 3 is 2.83 bits per heavy atom. The minimum atomic E-state index is 0.393. The Labute approximate surface area is 75.4 Å². The molecule has 2 heteroatoms. The normalized spacial score (nSPS) is 19.8. The molecule has 0 saturated carbocycles. The molecule has 0 aliphatic heterocycles. The lowest BCUT2D eigenvalue weighted by Crippen LogP contribution is -1.85. The molecular weight excluding hydrogens is 168 g/mol. The van der Waals surface area contributed by atoms with Gasteiger partial charge in [-0.15, -0.1) is 11.3 Å². The highest BCUT2D eigenvalue weighted by Gasteiger charge is 2.29. The highest BCUT2D eigenvalue weighted by molar-refractivity contribution is 7.14. The van der Waals surface area contributed by atoms with Crippen molar-refractivity contribution in [2.24, 2.45) is 0 Å².